The maximum Gasteiger partial charge on any atom is 0.109 e. The summed E-state index contributed by atoms with van der Waals surface area (Å²) in [5.74, 6) is 1.66. The van der Waals surface area contributed by atoms with Crippen molar-refractivity contribution in [1.29, 1.82) is 0 Å². The van der Waals surface area contributed by atoms with Crippen molar-refractivity contribution in [3.8, 4) is 11.3 Å². The van der Waals surface area contributed by atoms with Gasteiger partial charge in [0, 0.05) is 47.5 Å². The first-order valence-electron chi connectivity index (χ1n) is 9.99. The molecule has 4 aromatic rings. The Morgan fingerprint density at radius 1 is 0.964 bits per heavy atom. The van der Waals surface area contributed by atoms with E-state index >= 15 is 0 Å². The third-order valence-electron chi connectivity index (χ3n) is 5.71. The molecule has 0 amide bonds. The molecule has 1 aliphatic rings. The van der Waals surface area contributed by atoms with Crippen LogP contribution in [0.3, 0.4) is 0 Å². The van der Waals surface area contributed by atoms with Gasteiger partial charge < -0.3 is 9.88 Å². The average molecular weight is 368 g/mol. The number of piperidine rings is 1. The molecule has 0 radical (unpaired) electrons. The number of fused-ring (bicyclic) bond motifs is 1. The summed E-state index contributed by atoms with van der Waals surface area (Å²) in [5, 5.41) is 1.23. The van der Waals surface area contributed by atoms with Crippen LogP contribution in [0.5, 0.6) is 0 Å². The number of rotatable bonds is 3. The Morgan fingerprint density at radius 3 is 2.46 bits per heavy atom. The number of anilines is 1. The van der Waals surface area contributed by atoms with Crippen LogP contribution in [-0.2, 0) is 0 Å². The van der Waals surface area contributed by atoms with Crippen molar-refractivity contribution in [1.82, 2.24) is 15.0 Å². The first-order chi connectivity index (χ1) is 13.8. The predicted molar refractivity (Wildman–Crippen MR) is 115 cm³/mol. The molecule has 2 aromatic carbocycles. The van der Waals surface area contributed by atoms with Gasteiger partial charge in [-0.2, -0.15) is 0 Å². The number of para-hydroxylation sites is 1. The lowest BCUT2D eigenvalue weighted by Gasteiger charge is -2.33. The molecule has 140 valence electrons. The van der Waals surface area contributed by atoms with Crippen molar-refractivity contribution in [3.63, 3.8) is 0 Å². The van der Waals surface area contributed by atoms with E-state index < -0.39 is 0 Å². The molecule has 0 saturated carbocycles. The Morgan fingerprint density at radius 2 is 1.71 bits per heavy atom. The van der Waals surface area contributed by atoms with Gasteiger partial charge in [0.15, 0.2) is 0 Å². The molecule has 1 saturated heterocycles. The lowest BCUT2D eigenvalue weighted by molar-refractivity contribution is 0.489. The highest BCUT2D eigenvalue weighted by Gasteiger charge is 2.24. The highest BCUT2D eigenvalue weighted by Crippen LogP contribution is 2.35. The second-order valence-corrected chi connectivity index (χ2v) is 7.62. The number of benzene rings is 2. The molecule has 1 N–H and O–H groups in total. The molecule has 0 unspecified atom stereocenters. The average Bonchev–Trinajstić information content (AvgIpc) is 3.20. The highest BCUT2D eigenvalue weighted by atomic mass is 15.1. The molecule has 0 aliphatic carbocycles. The fourth-order valence-corrected chi connectivity index (χ4v) is 4.21. The van der Waals surface area contributed by atoms with Crippen molar-refractivity contribution in [2.75, 3.05) is 18.0 Å². The van der Waals surface area contributed by atoms with Gasteiger partial charge >= 0.3 is 0 Å². The SMILES string of the molecule is Cc1cnc(C2CCN(c3cc(-c4ccccc4)nc4ccccc34)CC2)[nH]1. The van der Waals surface area contributed by atoms with Crippen molar-refractivity contribution in [3.05, 3.63) is 78.4 Å². The third kappa shape index (κ3) is 3.15. The predicted octanol–water partition coefficient (Wildman–Crippen LogP) is 5.32. The van der Waals surface area contributed by atoms with Crippen LogP contribution in [-0.4, -0.2) is 28.0 Å². The largest absolute Gasteiger partial charge is 0.371 e. The second kappa shape index (κ2) is 7.12. The van der Waals surface area contributed by atoms with Gasteiger partial charge in [-0.05, 0) is 31.9 Å². The molecular formula is C24H24N4. The number of hydrogen-bond acceptors (Lipinski definition) is 3. The smallest absolute Gasteiger partial charge is 0.109 e. The maximum atomic E-state index is 4.92. The molecule has 4 heteroatoms. The van der Waals surface area contributed by atoms with Crippen LogP contribution >= 0.6 is 0 Å². The molecule has 0 bridgehead atoms. The monoisotopic (exact) mass is 368 g/mol. The first-order valence-corrected chi connectivity index (χ1v) is 9.99. The zero-order valence-electron chi connectivity index (χ0n) is 16.1. The minimum atomic E-state index is 0.520. The topological polar surface area (TPSA) is 44.8 Å². The van der Waals surface area contributed by atoms with Gasteiger partial charge in [-0.1, -0.05) is 48.5 Å². The Labute approximate surface area is 165 Å². The van der Waals surface area contributed by atoms with E-state index in [4.69, 9.17) is 4.98 Å². The highest BCUT2D eigenvalue weighted by molar-refractivity contribution is 5.94. The molecule has 4 nitrogen and oxygen atoms in total. The standard InChI is InChI=1S/C24H24N4/c1-17-16-25-24(26-17)19-11-13-28(14-12-19)23-15-22(18-7-3-2-4-8-18)27-21-10-6-5-9-20(21)23/h2-10,15-16,19H,11-14H2,1H3,(H,25,26). The number of aryl methyl sites for hydroxylation is 1. The molecular weight excluding hydrogens is 344 g/mol. The van der Waals surface area contributed by atoms with Gasteiger partial charge in [-0.3, -0.25) is 0 Å². The molecule has 0 spiro atoms. The summed E-state index contributed by atoms with van der Waals surface area (Å²) in [6.07, 6.45) is 4.17. The van der Waals surface area contributed by atoms with Gasteiger partial charge in [0.1, 0.15) is 5.82 Å². The van der Waals surface area contributed by atoms with Gasteiger partial charge in [0.25, 0.3) is 0 Å². The number of pyridine rings is 1. The van der Waals surface area contributed by atoms with E-state index in [9.17, 15) is 0 Å². The van der Waals surface area contributed by atoms with Crippen molar-refractivity contribution in [2.45, 2.75) is 25.7 Å². The van der Waals surface area contributed by atoms with Crippen LogP contribution in [0, 0.1) is 6.92 Å². The summed E-state index contributed by atoms with van der Waals surface area (Å²) in [7, 11) is 0. The van der Waals surface area contributed by atoms with Crippen LogP contribution < -0.4 is 4.90 Å². The van der Waals surface area contributed by atoms with Gasteiger partial charge in [0.05, 0.1) is 11.2 Å². The van der Waals surface area contributed by atoms with Crippen molar-refractivity contribution < 1.29 is 0 Å². The molecule has 28 heavy (non-hydrogen) atoms. The van der Waals surface area contributed by atoms with E-state index in [1.165, 1.54) is 11.1 Å². The Kier molecular flexibility index (Phi) is 4.32. The van der Waals surface area contributed by atoms with Gasteiger partial charge in [-0.15, -0.1) is 0 Å². The van der Waals surface area contributed by atoms with Crippen LogP contribution in [0.4, 0.5) is 5.69 Å². The fraction of sp³-hybridized carbons (Fsp3) is 0.250. The Hall–Kier alpha value is -3.14. The van der Waals surface area contributed by atoms with Crippen LogP contribution in [0.1, 0.15) is 30.3 Å². The quantitative estimate of drug-likeness (QED) is 0.532. The summed E-state index contributed by atoms with van der Waals surface area (Å²) in [5.41, 5.74) is 5.69. The molecule has 1 aliphatic heterocycles. The van der Waals surface area contributed by atoms with E-state index in [-0.39, 0.29) is 0 Å². The summed E-state index contributed by atoms with van der Waals surface area (Å²) in [4.78, 5) is 15.4. The first kappa shape index (κ1) is 17.0. The number of hydrogen-bond donors (Lipinski definition) is 1. The molecule has 3 heterocycles. The summed E-state index contributed by atoms with van der Waals surface area (Å²) < 4.78 is 0. The number of imidazole rings is 1. The molecule has 2 aromatic heterocycles. The number of H-pyrrole nitrogens is 1. The lowest BCUT2D eigenvalue weighted by atomic mass is 9.95. The Bertz CT molecular complexity index is 1090. The minimum absolute atomic E-state index is 0.520. The zero-order chi connectivity index (χ0) is 18.9. The van der Waals surface area contributed by atoms with Gasteiger partial charge in [0.2, 0.25) is 0 Å². The zero-order valence-corrected chi connectivity index (χ0v) is 16.1. The number of nitrogens with one attached hydrogen (secondary N) is 1. The summed E-state index contributed by atoms with van der Waals surface area (Å²) in [6, 6.07) is 21.2. The van der Waals surface area contributed by atoms with Crippen molar-refractivity contribution in [2.24, 2.45) is 0 Å². The minimum Gasteiger partial charge on any atom is -0.371 e. The van der Waals surface area contributed by atoms with E-state index in [1.54, 1.807) is 0 Å². The normalized spacial score (nSPS) is 15.2. The second-order valence-electron chi connectivity index (χ2n) is 7.62. The molecule has 0 atom stereocenters. The van der Waals surface area contributed by atoms with E-state index in [2.05, 4.69) is 76.4 Å². The number of nitrogens with zero attached hydrogens (tertiary/aromatic N) is 3. The Balaban J connectivity index is 1.48. The fourth-order valence-electron chi connectivity index (χ4n) is 4.21. The van der Waals surface area contributed by atoms with Crippen LogP contribution in [0.25, 0.3) is 22.2 Å². The molecule has 1 fully saturated rings. The maximum absolute atomic E-state index is 4.92. The number of aromatic nitrogens is 3. The summed E-state index contributed by atoms with van der Waals surface area (Å²) in [6.45, 7) is 4.14. The van der Waals surface area contributed by atoms with E-state index in [0.29, 0.717) is 5.92 Å². The van der Waals surface area contributed by atoms with Gasteiger partial charge in [-0.25, -0.2) is 9.97 Å². The molecule has 5 rings (SSSR count). The summed E-state index contributed by atoms with van der Waals surface area (Å²) >= 11 is 0. The van der Waals surface area contributed by atoms with E-state index in [0.717, 1.165) is 54.2 Å². The lowest BCUT2D eigenvalue weighted by Crippen LogP contribution is -2.33. The van der Waals surface area contributed by atoms with Crippen LogP contribution in [0.15, 0.2) is 66.9 Å². The number of aromatic amines is 1. The van der Waals surface area contributed by atoms with Crippen LogP contribution in [0.2, 0.25) is 0 Å². The van der Waals surface area contributed by atoms with E-state index in [1.807, 2.05) is 12.3 Å². The third-order valence-corrected chi connectivity index (χ3v) is 5.71. The van der Waals surface area contributed by atoms with Crippen molar-refractivity contribution >= 4 is 16.6 Å².